The lowest BCUT2D eigenvalue weighted by Crippen LogP contribution is -2.49. The van der Waals surface area contributed by atoms with Crippen molar-refractivity contribution in [2.24, 2.45) is 5.73 Å². The molecule has 4 aromatic rings. The van der Waals surface area contributed by atoms with Gasteiger partial charge in [0.15, 0.2) is 17.2 Å². The molecule has 1 aliphatic rings. The third-order valence-corrected chi connectivity index (χ3v) is 7.17. The Bertz CT molecular complexity index is 1710. The number of hydrogen-bond acceptors (Lipinski definition) is 8. The highest BCUT2D eigenvalue weighted by Crippen LogP contribution is 2.37. The van der Waals surface area contributed by atoms with Crippen LogP contribution in [0.4, 0.5) is 24.7 Å². The molecular formula is C28H29F3N10O2. The number of anilines is 2. The summed E-state index contributed by atoms with van der Waals surface area (Å²) in [5, 5.41) is 18.3. The van der Waals surface area contributed by atoms with Crippen molar-refractivity contribution in [2.45, 2.75) is 44.9 Å². The highest BCUT2D eigenvalue weighted by atomic mass is 19.4. The standard InChI is InChI=1S/C28H29F3N10O2/c1-2-17-12-19(5-6-20(17)27(43)36-14-23(42)39-9-3-4-18(33)15-39)37-25-26-35-13-22(41(26)11-8-34-25)21-16-40(10-7-32)38-24(21)28(29,30)31/h5-6,8,11-13,16,18H,2-4,9-10,14-15,33H2,1H3,(H,34,37)(H,36,43). The molecule has 224 valence electrons. The van der Waals surface area contributed by atoms with E-state index >= 15 is 0 Å². The number of nitrogens with two attached hydrogens (primary N) is 1. The van der Waals surface area contributed by atoms with E-state index in [0.29, 0.717) is 36.3 Å². The number of aromatic nitrogens is 5. The number of nitriles is 1. The van der Waals surface area contributed by atoms with Gasteiger partial charge >= 0.3 is 6.18 Å². The fourth-order valence-electron chi connectivity index (χ4n) is 5.10. The Hall–Kier alpha value is -4.97. The van der Waals surface area contributed by atoms with Crippen LogP contribution in [0, 0.1) is 11.3 Å². The maximum atomic E-state index is 13.7. The average molecular weight is 595 g/mol. The number of piperidine rings is 1. The van der Waals surface area contributed by atoms with E-state index in [4.69, 9.17) is 11.0 Å². The summed E-state index contributed by atoms with van der Waals surface area (Å²) in [7, 11) is 0. The van der Waals surface area contributed by atoms with Gasteiger partial charge < -0.3 is 21.3 Å². The van der Waals surface area contributed by atoms with Gasteiger partial charge in [-0.1, -0.05) is 6.92 Å². The van der Waals surface area contributed by atoms with Gasteiger partial charge in [0, 0.05) is 49.0 Å². The van der Waals surface area contributed by atoms with E-state index in [1.165, 1.54) is 23.0 Å². The lowest BCUT2D eigenvalue weighted by Gasteiger charge is -2.30. The molecule has 2 amide bonds. The molecule has 43 heavy (non-hydrogen) atoms. The smallest absolute Gasteiger partial charge is 0.343 e. The van der Waals surface area contributed by atoms with Crippen molar-refractivity contribution in [1.82, 2.24) is 34.4 Å². The maximum Gasteiger partial charge on any atom is 0.435 e. The van der Waals surface area contributed by atoms with Crippen LogP contribution in [-0.2, 0) is 23.9 Å². The summed E-state index contributed by atoms with van der Waals surface area (Å²) in [6.07, 6.45) is 2.83. The fourth-order valence-corrected chi connectivity index (χ4v) is 5.10. The van der Waals surface area contributed by atoms with E-state index in [-0.39, 0.29) is 53.7 Å². The van der Waals surface area contributed by atoms with Crippen molar-refractivity contribution in [3.63, 3.8) is 0 Å². The number of alkyl halides is 3. The van der Waals surface area contributed by atoms with E-state index < -0.39 is 11.9 Å². The fraction of sp³-hybridized carbons (Fsp3) is 0.357. The third kappa shape index (κ3) is 6.28. The highest BCUT2D eigenvalue weighted by Gasteiger charge is 2.38. The van der Waals surface area contributed by atoms with Gasteiger partial charge in [-0.2, -0.15) is 23.5 Å². The first kappa shape index (κ1) is 29.5. The second-order valence-corrected chi connectivity index (χ2v) is 10.1. The number of hydrogen-bond donors (Lipinski definition) is 3. The number of rotatable bonds is 8. The van der Waals surface area contributed by atoms with Crippen LogP contribution in [0.1, 0.15) is 41.4 Å². The molecule has 0 saturated carbocycles. The first-order chi connectivity index (χ1) is 20.6. The molecule has 0 radical (unpaired) electrons. The first-order valence-electron chi connectivity index (χ1n) is 13.6. The van der Waals surface area contributed by atoms with E-state index in [9.17, 15) is 22.8 Å². The zero-order chi connectivity index (χ0) is 30.7. The molecule has 1 aliphatic heterocycles. The summed E-state index contributed by atoms with van der Waals surface area (Å²) >= 11 is 0. The minimum Gasteiger partial charge on any atom is -0.343 e. The molecule has 1 saturated heterocycles. The average Bonchev–Trinajstić information content (AvgIpc) is 3.61. The van der Waals surface area contributed by atoms with Crippen LogP contribution in [0.2, 0.25) is 0 Å². The normalized spacial score (nSPS) is 15.3. The van der Waals surface area contributed by atoms with Crippen LogP contribution in [0.25, 0.3) is 16.9 Å². The van der Waals surface area contributed by atoms with E-state index in [1.807, 2.05) is 6.92 Å². The monoisotopic (exact) mass is 594 g/mol. The molecule has 0 spiro atoms. The molecule has 3 aromatic heterocycles. The summed E-state index contributed by atoms with van der Waals surface area (Å²) in [4.78, 5) is 35.8. The number of carbonyl (C=O) groups is 2. The number of benzene rings is 1. The minimum absolute atomic E-state index is 0.0557. The molecule has 0 bridgehead atoms. The van der Waals surface area contributed by atoms with Crippen molar-refractivity contribution >= 4 is 29.0 Å². The van der Waals surface area contributed by atoms with E-state index in [2.05, 4.69) is 25.7 Å². The quantitative estimate of drug-likeness (QED) is 0.281. The lowest BCUT2D eigenvalue weighted by atomic mass is 10.0. The molecule has 5 rings (SSSR count). The number of nitrogens with zero attached hydrogens (tertiary/aromatic N) is 7. The number of nitrogens with one attached hydrogen (secondary N) is 2. The Morgan fingerprint density at radius 2 is 2.07 bits per heavy atom. The summed E-state index contributed by atoms with van der Waals surface area (Å²) in [6, 6.07) is 6.80. The maximum absolute atomic E-state index is 13.7. The predicted molar refractivity (Wildman–Crippen MR) is 150 cm³/mol. The Morgan fingerprint density at radius 3 is 2.79 bits per heavy atom. The zero-order valence-corrected chi connectivity index (χ0v) is 23.2. The Balaban J connectivity index is 1.35. The highest BCUT2D eigenvalue weighted by molar-refractivity contribution is 5.98. The Morgan fingerprint density at radius 1 is 1.26 bits per heavy atom. The van der Waals surface area contributed by atoms with Crippen LogP contribution in [0.3, 0.4) is 0 Å². The van der Waals surface area contributed by atoms with Gasteiger partial charge in [0.1, 0.15) is 6.54 Å². The third-order valence-electron chi connectivity index (χ3n) is 7.17. The summed E-state index contributed by atoms with van der Waals surface area (Å²) in [6.45, 7) is 2.51. The van der Waals surface area contributed by atoms with Gasteiger partial charge in [-0.25, -0.2) is 9.97 Å². The number of likely N-dealkylation sites (tertiary alicyclic amines) is 1. The van der Waals surface area contributed by atoms with Gasteiger partial charge in [-0.3, -0.25) is 18.7 Å². The number of halogens is 3. The van der Waals surface area contributed by atoms with Gasteiger partial charge in [0.05, 0.1) is 30.1 Å². The van der Waals surface area contributed by atoms with Crippen molar-refractivity contribution in [3.05, 3.63) is 59.8 Å². The second-order valence-electron chi connectivity index (χ2n) is 10.1. The van der Waals surface area contributed by atoms with Crippen molar-refractivity contribution in [1.29, 1.82) is 5.26 Å². The molecule has 4 heterocycles. The molecule has 1 atom stereocenters. The molecule has 15 heteroatoms. The van der Waals surface area contributed by atoms with Crippen LogP contribution >= 0.6 is 0 Å². The number of aryl methyl sites for hydroxylation is 1. The van der Waals surface area contributed by atoms with Gasteiger partial charge in [0.2, 0.25) is 5.91 Å². The van der Waals surface area contributed by atoms with Crippen LogP contribution in [-0.4, -0.2) is 66.5 Å². The number of carbonyl (C=O) groups excluding carboxylic acids is 2. The topological polar surface area (TPSA) is 159 Å². The molecular weight excluding hydrogens is 565 g/mol. The second kappa shape index (κ2) is 12.1. The molecule has 1 aromatic carbocycles. The zero-order valence-electron chi connectivity index (χ0n) is 23.2. The number of amides is 2. The summed E-state index contributed by atoms with van der Waals surface area (Å²) < 4.78 is 43.6. The molecule has 1 fully saturated rings. The molecule has 1 unspecified atom stereocenters. The predicted octanol–water partition coefficient (Wildman–Crippen LogP) is 3.12. The lowest BCUT2D eigenvalue weighted by molar-refractivity contribution is -0.141. The Labute approximate surface area is 244 Å². The number of imidazole rings is 1. The van der Waals surface area contributed by atoms with Gasteiger partial charge in [0.25, 0.3) is 5.91 Å². The molecule has 4 N–H and O–H groups in total. The molecule has 12 nitrogen and oxygen atoms in total. The van der Waals surface area contributed by atoms with E-state index in [1.54, 1.807) is 29.2 Å². The van der Waals surface area contributed by atoms with Crippen molar-refractivity contribution in [2.75, 3.05) is 25.0 Å². The minimum atomic E-state index is -4.74. The van der Waals surface area contributed by atoms with Crippen molar-refractivity contribution < 1.29 is 22.8 Å². The SMILES string of the molecule is CCc1cc(Nc2nccn3c(-c4cn(CC#N)nc4C(F)(F)F)cnc23)ccc1C(=O)NCC(=O)N1CCCC(N)C1. The van der Waals surface area contributed by atoms with Crippen LogP contribution in [0.15, 0.2) is 43.0 Å². The van der Waals surface area contributed by atoms with Crippen LogP contribution < -0.4 is 16.4 Å². The van der Waals surface area contributed by atoms with Crippen LogP contribution in [0.5, 0.6) is 0 Å². The molecule has 0 aliphatic carbocycles. The van der Waals surface area contributed by atoms with Crippen molar-refractivity contribution in [3.8, 4) is 17.3 Å². The summed E-state index contributed by atoms with van der Waals surface area (Å²) in [5.41, 5.74) is 6.70. The van der Waals surface area contributed by atoms with E-state index in [0.717, 1.165) is 23.7 Å². The summed E-state index contributed by atoms with van der Waals surface area (Å²) in [5.74, 6) is -0.289. The van der Waals surface area contributed by atoms with Gasteiger partial charge in [-0.15, -0.1) is 0 Å². The first-order valence-corrected chi connectivity index (χ1v) is 13.6. The van der Waals surface area contributed by atoms with Gasteiger partial charge in [-0.05, 0) is 43.0 Å². The largest absolute Gasteiger partial charge is 0.435 e. The number of fused-ring (bicyclic) bond motifs is 1. The Kier molecular flexibility index (Phi) is 8.31.